The van der Waals surface area contributed by atoms with Crippen LogP contribution in [0, 0.1) is 3.57 Å². The van der Waals surface area contributed by atoms with E-state index in [-0.39, 0.29) is 3.57 Å². The number of hydrogen-bond acceptors (Lipinski definition) is 4. The Hall–Kier alpha value is -0.220. The van der Waals surface area contributed by atoms with Gasteiger partial charge < -0.3 is 5.73 Å². The molecule has 0 aromatic carbocycles. The highest BCUT2D eigenvalue weighted by molar-refractivity contribution is 14.1. The van der Waals surface area contributed by atoms with Gasteiger partial charge in [0.1, 0.15) is 10.7 Å². The Kier molecular flexibility index (Phi) is 3.71. The summed E-state index contributed by atoms with van der Waals surface area (Å²) in [4.78, 5) is 2.77. The Morgan fingerprint density at radius 1 is 1.53 bits per heavy atom. The van der Waals surface area contributed by atoms with Crippen LogP contribution in [0.25, 0.3) is 0 Å². The van der Waals surface area contributed by atoms with Gasteiger partial charge in [0.05, 0.1) is 9.13 Å². The van der Waals surface area contributed by atoms with Gasteiger partial charge in [-0.05, 0) is 22.6 Å². The van der Waals surface area contributed by atoms with Crippen molar-refractivity contribution in [2.45, 2.75) is 11.3 Å². The standard InChI is InChI=1S/C6H4ClF2IN2O2S/c7-15(13,14)4-2(10)1-12-6(11)3(4)5(8)9/h1,5H,(H2,11,12). The highest BCUT2D eigenvalue weighted by atomic mass is 127. The fraction of sp³-hybridized carbons (Fsp3) is 0.167. The number of hydrogen-bond donors (Lipinski definition) is 1. The number of nitrogen functional groups attached to an aromatic ring is 1. The van der Waals surface area contributed by atoms with Gasteiger partial charge in [-0.1, -0.05) is 0 Å². The van der Waals surface area contributed by atoms with Gasteiger partial charge in [-0.25, -0.2) is 22.2 Å². The molecule has 4 nitrogen and oxygen atoms in total. The van der Waals surface area contributed by atoms with E-state index in [1.54, 1.807) is 22.6 Å². The number of rotatable bonds is 2. The summed E-state index contributed by atoms with van der Waals surface area (Å²) in [6.07, 6.45) is -1.98. The molecule has 1 heterocycles. The molecule has 1 rings (SSSR count). The van der Waals surface area contributed by atoms with Crippen LogP contribution in [0.2, 0.25) is 0 Å². The summed E-state index contributed by atoms with van der Waals surface area (Å²) in [5, 5.41) is 0. The lowest BCUT2D eigenvalue weighted by Gasteiger charge is -2.09. The largest absolute Gasteiger partial charge is 0.383 e. The molecule has 0 bridgehead atoms. The van der Waals surface area contributed by atoms with Gasteiger partial charge in [0.15, 0.2) is 0 Å². The number of anilines is 1. The molecule has 0 aliphatic carbocycles. The number of halogens is 4. The molecule has 84 valence electrons. The van der Waals surface area contributed by atoms with Crippen molar-refractivity contribution >= 4 is 48.1 Å². The third-order valence-electron chi connectivity index (χ3n) is 1.52. The monoisotopic (exact) mass is 368 g/mol. The summed E-state index contributed by atoms with van der Waals surface area (Å²) >= 11 is 1.55. The summed E-state index contributed by atoms with van der Waals surface area (Å²) in [6.45, 7) is 0. The molecule has 0 saturated heterocycles. The van der Waals surface area contributed by atoms with Gasteiger partial charge in [-0.15, -0.1) is 0 Å². The van der Waals surface area contributed by atoms with Crippen LogP contribution in [-0.4, -0.2) is 13.4 Å². The molecule has 0 saturated carbocycles. The minimum atomic E-state index is -4.27. The summed E-state index contributed by atoms with van der Waals surface area (Å²) < 4.78 is 47.3. The smallest absolute Gasteiger partial charge is 0.268 e. The average Bonchev–Trinajstić information content (AvgIpc) is 2.05. The van der Waals surface area contributed by atoms with E-state index in [0.29, 0.717) is 0 Å². The molecule has 2 N–H and O–H groups in total. The fourth-order valence-electron chi connectivity index (χ4n) is 0.958. The van der Waals surface area contributed by atoms with E-state index in [9.17, 15) is 17.2 Å². The molecule has 1 aromatic heterocycles. The van der Waals surface area contributed by atoms with Crippen LogP contribution in [0.3, 0.4) is 0 Å². The molecular formula is C6H4ClF2IN2O2S. The Morgan fingerprint density at radius 2 is 2.07 bits per heavy atom. The maximum absolute atomic E-state index is 12.6. The zero-order valence-corrected chi connectivity index (χ0v) is 10.6. The SMILES string of the molecule is Nc1ncc(I)c(S(=O)(=O)Cl)c1C(F)F. The summed E-state index contributed by atoms with van der Waals surface area (Å²) in [7, 11) is 0.769. The van der Waals surface area contributed by atoms with Gasteiger partial charge in [-0.2, -0.15) is 0 Å². The van der Waals surface area contributed by atoms with E-state index in [2.05, 4.69) is 4.98 Å². The Bertz CT molecular complexity index is 494. The molecule has 0 spiro atoms. The third kappa shape index (κ3) is 2.67. The molecule has 9 heteroatoms. The van der Waals surface area contributed by atoms with Gasteiger partial charge >= 0.3 is 0 Å². The lowest BCUT2D eigenvalue weighted by atomic mass is 10.2. The highest BCUT2D eigenvalue weighted by Gasteiger charge is 2.27. The van der Waals surface area contributed by atoms with Gasteiger partial charge in [0, 0.05) is 16.9 Å². The van der Waals surface area contributed by atoms with E-state index in [1.807, 2.05) is 0 Å². The molecule has 1 aromatic rings. The lowest BCUT2D eigenvalue weighted by molar-refractivity contribution is 0.148. The third-order valence-corrected chi connectivity index (χ3v) is 4.09. The van der Waals surface area contributed by atoms with Crippen LogP contribution in [0.1, 0.15) is 12.0 Å². The Morgan fingerprint density at radius 3 is 2.40 bits per heavy atom. The van der Waals surface area contributed by atoms with E-state index in [4.69, 9.17) is 16.4 Å². The predicted octanol–water partition coefficient (Wildman–Crippen LogP) is 2.13. The molecule has 0 amide bonds. The quantitative estimate of drug-likeness (QED) is 0.641. The molecule has 0 aliphatic rings. The molecule has 0 unspecified atom stereocenters. The summed E-state index contributed by atoms with van der Waals surface area (Å²) in [6, 6.07) is 0. The van der Waals surface area contributed by atoms with Crippen LogP contribution in [0.4, 0.5) is 14.6 Å². The maximum atomic E-state index is 12.6. The van der Waals surface area contributed by atoms with Gasteiger partial charge in [0.2, 0.25) is 0 Å². The number of nitrogens with two attached hydrogens (primary N) is 1. The van der Waals surface area contributed by atoms with Crippen molar-refractivity contribution in [2.24, 2.45) is 0 Å². The second-order valence-corrected chi connectivity index (χ2v) is 6.14. The number of nitrogens with zero attached hydrogens (tertiary/aromatic N) is 1. The number of pyridine rings is 1. The Balaban J connectivity index is 3.68. The summed E-state index contributed by atoms with van der Waals surface area (Å²) in [5.74, 6) is -0.537. The highest BCUT2D eigenvalue weighted by Crippen LogP contribution is 2.34. The van der Waals surface area contributed by atoms with E-state index in [0.717, 1.165) is 6.20 Å². The van der Waals surface area contributed by atoms with Crippen molar-refractivity contribution in [1.82, 2.24) is 4.98 Å². The molecule has 0 radical (unpaired) electrons. The molecule has 0 atom stereocenters. The van der Waals surface area contributed by atoms with Crippen LogP contribution in [-0.2, 0) is 9.05 Å². The number of alkyl halides is 2. The van der Waals surface area contributed by atoms with E-state index in [1.165, 1.54) is 0 Å². The first-order valence-electron chi connectivity index (χ1n) is 3.42. The second-order valence-electron chi connectivity index (χ2n) is 2.47. The zero-order chi connectivity index (χ0) is 11.8. The van der Waals surface area contributed by atoms with Gasteiger partial charge in [0.25, 0.3) is 15.5 Å². The topological polar surface area (TPSA) is 73.0 Å². The van der Waals surface area contributed by atoms with Crippen LogP contribution in [0.15, 0.2) is 11.1 Å². The van der Waals surface area contributed by atoms with Crippen molar-refractivity contribution < 1.29 is 17.2 Å². The average molecular weight is 369 g/mol. The normalized spacial score (nSPS) is 12.1. The predicted molar refractivity (Wildman–Crippen MR) is 59.4 cm³/mol. The van der Waals surface area contributed by atoms with Crippen molar-refractivity contribution in [3.05, 3.63) is 15.3 Å². The maximum Gasteiger partial charge on any atom is 0.268 e. The Labute approximate surface area is 102 Å². The van der Waals surface area contributed by atoms with Crippen molar-refractivity contribution in [3.63, 3.8) is 0 Å². The second kappa shape index (κ2) is 4.34. The molecule has 0 aliphatic heterocycles. The first-order chi connectivity index (χ1) is 6.75. The van der Waals surface area contributed by atoms with Gasteiger partial charge in [-0.3, -0.25) is 0 Å². The molecule has 15 heavy (non-hydrogen) atoms. The summed E-state index contributed by atoms with van der Waals surface area (Å²) in [5.41, 5.74) is 4.32. The lowest BCUT2D eigenvalue weighted by Crippen LogP contribution is -2.07. The van der Waals surface area contributed by atoms with Crippen molar-refractivity contribution in [2.75, 3.05) is 5.73 Å². The van der Waals surface area contributed by atoms with Crippen molar-refractivity contribution in [3.8, 4) is 0 Å². The van der Waals surface area contributed by atoms with Crippen LogP contribution >= 0.6 is 33.3 Å². The first-order valence-corrected chi connectivity index (χ1v) is 6.80. The number of aromatic nitrogens is 1. The van der Waals surface area contributed by atoms with E-state index < -0.39 is 31.8 Å². The minimum Gasteiger partial charge on any atom is -0.383 e. The first kappa shape index (κ1) is 12.8. The van der Waals surface area contributed by atoms with Crippen LogP contribution < -0.4 is 5.73 Å². The molecular weight excluding hydrogens is 364 g/mol. The van der Waals surface area contributed by atoms with E-state index >= 15 is 0 Å². The zero-order valence-electron chi connectivity index (χ0n) is 6.92. The molecule has 0 fully saturated rings. The van der Waals surface area contributed by atoms with Crippen molar-refractivity contribution in [1.29, 1.82) is 0 Å². The minimum absolute atomic E-state index is 0.00657. The fourth-order valence-corrected chi connectivity index (χ4v) is 3.89. The van der Waals surface area contributed by atoms with Crippen LogP contribution in [0.5, 0.6) is 0 Å².